The number of ether oxygens (including phenoxy) is 1. The van der Waals surface area contributed by atoms with Crippen molar-refractivity contribution in [1.82, 2.24) is 19.8 Å². The Morgan fingerprint density at radius 2 is 2.00 bits per heavy atom. The van der Waals surface area contributed by atoms with E-state index in [0.29, 0.717) is 24.0 Å². The largest absolute Gasteiger partial charge is 0.449 e. The molecule has 0 aliphatic carbocycles. The average molecular weight is 383 g/mol. The van der Waals surface area contributed by atoms with Crippen LogP contribution in [-0.4, -0.2) is 32.5 Å². The Morgan fingerprint density at radius 1 is 1.25 bits per heavy atom. The molecule has 3 rings (SSSR count). The molecule has 1 amide bonds. The Balaban J connectivity index is 1.58. The molecule has 7 nitrogen and oxygen atoms in total. The van der Waals surface area contributed by atoms with Crippen molar-refractivity contribution in [1.29, 1.82) is 0 Å². The Labute approximate surface area is 165 Å². The fraction of sp³-hybridized carbons (Fsp3) is 0.476. The lowest BCUT2D eigenvalue weighted by Crippen LogP contribution is -2.18. The van der Waals surface area contributed by atoms with Gasteiger partial charge in [-0.25, -0.2) is 9.78 Å². The summed E-state index contributed by atoms with van der Waals surface area (Å²) in [6.07, 6.45) is 4.03. The van der Waals surface area contributed by atoms with Crippen molar-refractivity contribution in [2.75, 3.05) is 11.9 Å². The lowest BCUT2D eigenvalue weighted by Gasteiger charge is -2.15. The highest BCUT2D eigenvalue weighted by Gasteiger charge is 2.13. The summed E-state index contributed by atoms with van der Waals surface area (Å²) in [7, 11) is 0. The predicted molar refractivity (Wildman–Crippen MR) is 111 cm³/mol. The molecule has 1 atom stereocenters. The molecule has 2 heterocycles. The molecule has 2 aromatic heterocycles. The highest BCUT2D eigenvalue weighted by molar-refractivity contribution is 5.85. The number of unbranched alkanes of at least 4 members (excludes halogenated alkanes) is 1. The minimum Gasteiger partial charge on any atom is -0.449 e. The minimum absolute atomic E-state index is 0.415. The molecule has 1 unspecified atom stereocenters. The molecular formula is C21H29N5O2. The number of rotatable bonds is 8. The molecule has 28 heavy (non-hydrogen) atoms. The van der Waals surface area contributed by atoms with E-state index in [1.54, 1.807) is 4.63 Å². The topological polar surface area (TPSA) is 84.3 Å². The third kappa shape index (κ3) is 4.52. The lowest BCUT2D eigenvalue weighted by molar-refractivity contribution is 0.136. The maximum absolute atomic E-state index is 12.0. The van der Waals surface area contributed by atoms with E-state index in [2.05, 4.69) is 34.3 Å². The second-order valence-electron chi connectivity index (χ2n) is 7.25. The van der Waals surface area contributed by atoms with Gasteiger partial charge in [-0.05, 0) is 50.5 Å². The number of amides is 1. The van der Waals surface area contributed by atoms with Gasteiger partial charge in [-0.2, -0.15) is 4.63 Å². The van der Waals surface area contributed by atoms with Crippen LogP contribution in [0.15, 0.2) is 24.3 Å². The van der Waals surface area contributed by atoms with E-state index in [1.165, 1.54) is 6.42 Å². The number of carbonyl (C=O) groups excluding carboxylic acids is 1. The van der Waals surface area contributed by atoms with Gasteiger partial charge in [0.1, 0.15) is 0 Å². The summed E-state index contributed by atoms with van der Waals surface area (Å²) in [5.41, 5.74) is 4.54. The van der Waals surface area contributed by atoms with Crippen LogP contribution in [0.1, 0.15) is 50.8 Å². The van der Waals surface area contributed by atoms with Crippen molar-refractivity contribution >= 4 is 17.4 Å². The van der Waals surface area contributed by atoms with Crippen LogP contribution >= 0.6 is 0 Å². The SMILES string of the molecule is CCCCC(CC)COC(=O)Nc1ccc(-c2nc3c(C)c(C)[nH]n3n2)cc1. The number of H-pyrrole nitrogens is 1. The van der Waals surface area contributed by atoms with Gasteiger partial charge in [-0.1, -0.05) is 33.1 Å². The normalized spacial score (nSPS) is 12.3. The molecule has 0 saturated carbocycles. The number of nitrogens with one attached hydrogen (secondary N) is 2. The second kappa shape index (κ2) is 8.91. The summed E-state index contributed by atoms with van der Waals surface area (Å²) in [5.74, 6) is 1.07. The summed E-state index contributed by atoms with van der Waals surface area (Å²) in [6.45, 7) is 8.78. The summed E-state index contributed by atoms with van der Waals surface area (Å²) in [5, 5.41) is 10.4. The molecule has 0 aliphatic rings. The van der Waals surface area contributed by atoms with Gasteiger partial charge >= 0.3 is 6.09 Å². The van der Waals surface area contributed by atoms with Gasteiger partial charge < -0.3 is 4.74 Å². The summed E-state index contributed by atoms with van der Waals surface area (Å²) < 4.78 is 7.07. The van der Waals surface area contributed by atoms with Crippen LogP contribution in [0.2, 0.25) is 0 Å². The van der Waals surface area contributed by atoms with Gasteiger partial charge in [0.25, 0.3) is 0 Å². The number of carbonyl (C=O) groups is 1. The lowest BCUT2D eigenvalue weighted by atomic mass is 10.0. The molecule has 0 aliphatic heterocycles. The van der Waals surface area contributed by atoms with Gasteiger partial charge in [-0.15, -0.1) is 5.10 Å². The summed E-state index contributed by atoms with van der Waals surface area (Å²) in [4.78, 5) is 16.6. The summed E-state index contributed by atoms with van der Waals surface area (Å²) in [6, 6.07) is 7.45. The number of aryl methyl sites for hydroxylation is 2. The predicted octanol–water partition coefficient (Wildman–Crippen LogP) is 5.11. The quantitative estimate of drug-likeness (QED) is 0.566. The standard InChI is InChI=1S/C21H29N5O2/c1-5-7-8-16(6-2)13-28-21(27)22-18-11-9-17(10-12-18)19-23-20-14(3)15(4)24-26(20)25-19/h9-12,16,24H,5-8,13H2,1-4H3,(H,22,27). The number of aromatic nitrogens is 4. The molecule has 0 spiro atoms. The van der Waals surface area contributed by atoms with Crippen LogP contribution in [-0.2, 0) is 4.74 Å². The third-order valence-corrected chi connectivity index (χ3v) is 5.16. The van der Waals surface area contributed by atoms with Crippen molar-refractivity contribution in [3.8, 4) is 11.4 Å². The van der Waals surface area contributed by atoms with E-state index in [9.17, 15) is 4.79 Å². The fourth-order valence-corrected chi connectivity index (χ4v) is 3.11. The monoisotopic (exact) mass is 383 g/mol. The van der Waals surface area contributed by atoms with Gasteiger partial charge in [0, 0.05) is 22.5 Å². The first kappa shape index (κ1) is 19.9. The van der Waals surface area contributed by atoms with Crippen LogP contribution in [0.3, 0.4) is 0 Å². The number of aromatic amines is 1. The highest BCUT2D eigenvalue weighted by atomic mass is 16.5. The molecule has 1 aromatic carbocycles. The van der Waals surface area contributed by atoms with Gasteiger partial charge in [-0.3, -0.25) is 10.4 Å². The Kier molecular flexibility index (Phi) is 6.34. The molecule has 3 aromatic rings. The van der Waals surface area contributed by atoms with E-state index in [1.807, 2.05) is 38.1 Å². The van der Waals surface area contributed by atoms with E-state index < -0.39 is 6.09 Å². The number of benzene rings is 1. The third-order valence-electron chi connectivity index (χ3n) is 5.16. The number of hydrogen-bond donors (Lipinski definition) is 2. The number of hydrogen-bond acceptors (Lipinski definition) is 4. The molecule has 0 saturated heterocycles. The van der Waals surface area contributed by atoms with E-state index >= 15 is 0 Å². The van der Waals surface area contributed by atoms with Gasteiger partial charge in [0.2, 0.25) is 0 Å². The zero-order chi connectivity index (χ0) is 20.1. The second-order valence-corrected chi connectivity index (χ2v) is 7.25. The van der Waals surface area contributed by atoms with E-state index in [-0.39, 0.29) is 0 Å². The van der Waals surface area contributed by atoms with Crippen molar-refractivity contribution in [2.45, 2.75) is 53.4 Å². The Hall–Kier alpha value is -2.83. The summed E-state index contributed by atoms with van der Waals surface area (Å²) >= 11 is 0. The van der Waals surface area contributed by atoms with Crippen molar-refractivity contribution in [2.24, 2.45) is 5.92 Å². The molecule has 2 N–H and O–H groups in total. The maximum atomic E-state index is 12.0. The fourth-order valence-electron chi connectivity index (χ4n) is 3.11. The van der Waals surface area contributed by atoms with Gasteiger partial charge in [0.15, 0.2) is 11.5 Å². The number of anilines is 1. The Bertz CT molecular complexity index is 926. The van der Waals surface area contributed by atoms with Crippen molar-refractivity contribution in [3.05, 3.63) is 35.5 Å². The average Bonchev–Trinajstić information content (AvgIpc) is 3.22. The number of nitrogens with zero attached hydrogens (tertiary/aromatic N) is 3. The highest BCUT2D eigenvalue weighted by Crippen LogP contribution is 2.21. The smallest absolute Gasteiger partial charge is 0.411 e. The van der Waals surface area contributed by atoms with E-state index in [0.717, 1.165) is 41.7 Å². The first-order chi connectivity index (χ1) is 13.5. The molecule has 0 radical (unpaired) electrons. The first-order valence-corrected chi connectivity index (χ1v) is 9.98. The van der Waals surface area contributed by atoms with Crippen molar-refractivity contribution < 1.29 is 9.53 Å². The molecule has 150 valence electrons. The molecule has 0 bridgehead atoms. The maximum Gasteiger partial charge on any atom is 0.411 e. The van der Waals surface area contributed by atoms with E-state index in [4.69, 9.17) is 4.74 Å². The van der Waals surface area contributed by atoms with Crippen molar-refractivity contribution in [3.63, 3.8) is 0 Å². The minimum atomic E-state index is -0.415. The van der Waals surface area contributed by atoms with Gasteiger partial charge in [0.05, 0.1) is 6.61 Å². The molecule has 7 heteroatoms. The molecular weight excluding hydrogens is 354 g/mol. The van der Waals surface area contributed by atoms with Crippen LogP contribution < -0.4 is 5.32 Å². The number of fused-ring (bicyclic) bond motifs is 1. The van der Waals surface area contributed by atoms with Crippen LogP contribution in [0.25, 0.3) is 17.0 Å². The zero-order valence-electron chi connectivity index (χ0n) is 17.1. The van der Waals surface area contributed by atoms with Crippen LogP contribution in [0, 0.1) is 19.8 Å². The van der Waals surface area contributed by atoms with Crippen LogP contribution in [0.5, 0.6) is 0 Å². The Morgan fingerprint density at radius 3 is 2.64 bits per heavy atom. The zero-order valence-corrected chi connectivity index (χ0v) is 17.1. The molecule has 0 fully saturated rings. The van der Waals surface area contributed by atoms with Crippen LogP contribution in [0.4, 0.5) is 10.5 Å². The first-order valence-electron chi connectivity index (χ1n) is 9.98.